The molecule has 0 heterocycles. The highest BCUT2D eigenvalue weighted by molar-refractivity contribution is 9.10. The lowest BCUT2D eigenvalue weighted by Gasteiger charge is -2.10. The maximum absolute atomic E-state index is 9.50. The van der Waals surface area contributed by atoms with Gasteiger partial charge < -0.3 is 9.84 Å². The van der Waals surface area contributed by atoms with Gasteiger partial charge in [0, 0.05) is 4.47 Å². The zero-order valence-corrected chi connectivity index (χ0v) is 9.50. The Kier molecular flexibility index (Phi) is 3.37. The van der Waals surface area contributed by atoms with E-state index in [9.17, 15) is 5.11 Å². The molecule has 1 aromatic rings. The fourth-order valence-electron chi connectivity index (χ4n) is 1.12. The van der Waals surface area contributed by atoms with Gasteiger partial charge in [-0.1, -0.05) is 15.9 Å². The fourth-order valence-corrected chi connectivity index (χ4v) is 1.79. The van der Waals surface area contributed by atoms with Gasteiger partial charge in [-0.15, -0.1) is 0 Å². The third-order valence-corrected chi connectivity index (χ3v) is 2.65. The lowest BCUT2D eigenvalue weighted by atomic mass is 10.0. The van der Waals surface area contributed by atoms with Crippen LogP contribution in [-0.2, 0) is 0 Å². The van der Waals surface area contributed by atoms with Crippen molar-refractivity contribution in [1.82, 2.24) is 0 Å². The van der Waals surface area contributed by atoms with Crippen LogP contribution in [0.5, 0.6) is 11.5 Å². The smallest absolute Gasteiger partial charge is 0.161 e. The molecule has 1 atom stereocenters. The van der Waals surface area contributed by atoms with Gasteiger partial charge >= 0.3 is 0 Å². The first kappa shape index (κ1) is 10.9. The number of phenols is 1. The predicted molar refractivity (Wildman–Crippen MR) is 56.4 cm³/mol. The monoisotopic (exact) mass is 255 g/mol. The van der Waals surface area contributed by atoms with Gasteiger partial charge in [-0.05, 0) is 24.6 Å². The zero-order chi connectivity index (χ0) is 10.7. The Morgan fingerprint density at radius 1 is 1.57 bits per heavy atom. The van der Waals surface area contributed by atoms with Crippen LogP contribution in [0.25, 0.3) is 0 Å². The Labute approximate surface area is 91.1 Å². The van der Waals surface area contributed by atoms with Crippen LogP contribution in [0.15, 0.2) is 16.6 Å². The third-order valence-electron chi connectivity index (χ3n) is 1.96. The molecule has 0 radical (unpaired) electrons. The number of hydrogen-bond acceptors (Lipinski definition) is 3. The molecule has 1 aromatic carbocycles. The van der Waals surface area contributed by atoms with Crippen LogP contribution >= 0.6 is 15.9 Å². The van der Waals surface area contributed by atoms with Crippen molar-refractivity contribution in [2.75, 3.05) is 7.11 Å². The molecule has 0 amide bonds. The zero-order valence-electron chi connectivity index (χ0n) is 7.91. The summed E-state index contributed by atoms with van der Waals surface area (Å²) in [5, 5.41) is 18.3. The minimum Gasteiger partial charge on any atom is -0.504 e. The van der Waals surface area contributed by atoms with Crippen molar-refractivity contribution < 1.29 is 9.84 Å². The Hall–Kier alpha value is -1.21. The molecule has 0 bridgehead atoms. The van der Waals surface area contributed by atoms with Gasteiger partial charge in [0.25, 0.3) is 0 Å². The average Bonchev–Trinajstić information content (AvgIpc) is 2.19. The van der Waals surface area contributed by atoms with E-state index in [0.717, 1.165) is 10.0 Å². The van der Waals surface area contributed by atoms with E-state index < -0.39 is 0 Å². The molecule has 0 saturated carbocycles. The van der Waals surface area contributed by atoms with E-state index in [1.54, 1.807) is 13.0 Å². The van der Waals surface area contributed by atoms with E-state index in [1.165, 1.54) is 13.2 Å². The molecule has 1 rings (SSSR count). The molecule has 0 spiro atoms. The summed E-state index contributed by atoms with van der Waals surface area (Å²) in [4.78, 5) is 0. The molecule has 0 aliphatic rings. The summed E-state index contributed by atoms with van der Waals surface area (Å²) in [5.41, 5.74) is 0.755. The molecule has 0 aliphatic heterocycles. The number of halogens is 1. The number of ether oxygens (including phenoxy) is 1. The van der Waals surface area contributed by atoms with E-state index in [4.69, 9.17) is 10.00 Å². The molecule has 0 aliphatic carbocycles. The van der Waals surface area contributed by atoms with Gasteiger partial charge in [-0.3, -0.25) is 0 Å². The Balaban J connectivity index is 3.23. The third kappa shape index (κ3) is 1.99. The van der Waals surface area contributed by atoms with Crippen LogP contribution in [0.3, 0.4) is 0 Å². The maximum atomic E-state index is 9.50. The second-order valence-corrected chi connectivity index (χ2v) is 3.75. The van der Waals surface area contributed by atoms with Crippen molar-refractivity contribution in [1.29, 1.82) is 5.26 Å². The van der Waals surface area contributed by atoms with Gasteiger partial charge in [0.1, 0.15) is 0 Å². The van der Waals surface area contributed by atoms with Gasteiger partial charge in [-0.2, -0.15) is 5.26 Å². The predicted octanol–water partition coefficient (Wildman–Crippen LogP) is 2.79. The summed E-state index contributed by atoms with van der Waals surface area (Å²) in [6.45, 7) is 1.77. The van der Waals surface area contributed by atoms with Gasteiger partial charge in [0.05, 0.1) is 19.1 Å². The summed E-state index contributed by atoms with van der Waals surface area (Å²) in [6.07, 6.45) is 0. The standard InChI is InChI=1S/C10H10BrNO2/c1-6(5-12)7-3-9(13)10(14-2)4-8(7)11/h3-4,6,13H,1-2H3. The molecule has 4 heteroatoms. The number of aromatic hydroxyl groups is 1. The quantitative estimate of drug-likeness (QED) is 0.885. The number of methoxy groups -OCH3 is 1. The molecule has 14 heavy (non-hydrogen) atoms. The highest BCUT2D eigenvalue weighted by Gasteiger charge is 2.12. The fraction of sp³-hybridized carbons (Fsp3) is 0.300. The van der Waals surface area contributed by atoms with Crippen molar-refractivity contribution in [2.45, 2.75) is 12.8 Å². The molecule has 3 nitrogen and oxygen atoms in total. The summed E-state index contributed by atoms with van der Waals surface area (Å²) in [6, 6.07) is 5.29. The van der Waals surface area contributed by atoms with Gasteiger partial charge in [0.2, 0.25) is 0 Å². The van der Waals surface area contributed by atoms with E-state index in [-0.39, 0.29) is 11.7 Å². The summed E-state index contributed by atoms with van der Waals surface area (Å²) in [7, 11) is 1.48. The van der Waals surface area contributed by atoms with Crippen molar-refractivity contribution >= 4 is 15.9 Å². The Morgan fingerprint density at radius 2 is 2.21 bits per heavy atom. The molecule has 74 valence electrons. The number of nitriles is 1. The highest BCUT2D eigenvalue weighted by Crippen LogP contribution is 2.35. The van der Waals surface area contributed by atoms with Crippen molar-refractivity contribution in [3.8, 4) is 17.6 Å². The number of rotatable bonds is 2. The second kappa shape index (κ2) is 4.34. The lowest BCUT2D eigenvalue weighted by Crippen LogP contribution is -1.93. The van der Waals surface area contributed by atoms with Crippen LogP contribution in [0.2, 0.25) is 0 Å². The van der Waals surface area contributed by atoms with E-state index in [0.29, 0.717) is 5.75 Å². The second-order valence-electron chi connectivity index (χ2n) is 2.90. The van der Waals surface area contributed by atoms with Crippen LogP contribution < -0.4 is 4.74 Å². The van der Waals surface area contributed by atoms with Gasteiger partial charge in [-0.25, -0.2) is 0 Å². The highest BCUT2D eigenvalue weighted by atomic mass is 79.9. The minimum atomic E-state index is -0.263. The number of nitrogens with zero attached hydrogens (tertiary/aromatic N) is 1. The summed E-state index contributed by atoms with van der Waals surface area (Å²) < 4.78 is 5.70. The molecule has 1 N–H and O–H groups in total. The first-order valence-corrected chi connectivity index (χ1v) is 4.85. The lowest BCUT2D eigenvalue weighted by molar-refractivity contribution is 0.372. The van der Waals surface area contributed by atoms with Crippen molar-refractivity contribution in [3.63, 3.8) is 0 Å². The molecule has 0 aromatic heterocycles. The number of benzene rings is 1. The van der Waals surface area contributed by atoms with E-state index in [2.05, 4.69) is 22.0 Å². The van der Waals surface area contributed by atoms with Crippen LogP contribution in [0.1, 0.15) is 18.4 Å². The topological polar surface area (TPSA) is 53.2 Å². The SMILES string of the molecule is COc1cc(Br)c(C(C)C#N)cc1O. The van der Waals surface area contributed by atoms with Gasteiger partial charge in [0.15, 0.2) is 11.5 Å². The van der Waals surface area contributed by atoms with Crippen molar-refractivity contribution in [2.24, 2.45) is 0 Å². The maximum Gasteiger partial charge on any atom is 0.161 e. The Bertz CT molecular complexity index is 384. The van der Waals surface area contributed by atoms with Crippen LogP contribution in [0.4, 0.5) is 0 Å². The Morgan fingerprint density at radius 3 is 2.71 bits per heavy atom. The van der Waals surface area contributed by atoms with Crippen LogP contribution in [-0.4, -0.2) is 12.2 Å². The molecule has 1 unspecified atom stereocenters. The molecular weight excluding hydrogens is 246 g/mol. The van der Waals surface area contributed by atoms with Crippen LogP contribution in [0, 0.1) is 11.3 Å². The first-order chi connectivity index (χ1) is 6.60. The van der Waals surface area contributed by atoms with E-state index in [1.807, 2.05) is 0 Å². The molecule has 0 fully saturated rings. The minimum absolute atomic E-state index is 0.0489. The first-order valence-electron chi connectivity index (χ1n) is 4.06. The number of hydrogen-bond donors (Lipinski definition) is 1. The molecular formula is C10H10BrNO2. The van der Waals surface area contributed by atoms with Crippen molar-refractivity contribution in [3.05, 3.63) is 22.2 Å². The normalized spacial score (nSPS) is 11.9. The van der Waals surface area contributed by atoms with E-state index >= 15 is 0 Å². The summed E-state index contributed by atoms with van der Waals surface area (Å²) >= 11 is 3.32. The largest absolute Gasteiger partial charge is 0.504 e. The number of phenolic OH excluding ortho intramolecular Hbond substituents is 1. The summed E-state index contributed by atoms with van der Waals surface area (Å²) in [5.74, 6) is 0.180. The molecule has 0 saturated heterocycles. The average molecular weight is 256 g/mol.